The number of benzene rings is 2. The van der Waals surface area contributed by atoms with Crippen molar-refractivity contribution in [1.82, 2.24) is 4.90 Å². The maximum absolute atomic E-state index is 11.3. The van der Waals surface area contributed by atoms with E-state index in [2.05, 4.69) is 38.7 Å². The molecule has 0 amide bonds. The third-order valence-corrected chi connectivity index (χ3v) is 5.88. The highest BCUT2D eigenvalue weighted by Gasteiger charge is 2.16. The molecule has 0 unspecified atom stereocenters. The van der Waals surface area contributed by atoms with Crippen molar-refractivity contribution in [2.45, 2.75) is 32.6 Å². The number of carbonyl (C=O) groups excluding carboxylic acids is 1. The van der Waals surface area contributed by atoms with Gasteiger partial charge < -0.3 is 9.64 Å². The minimum Gasteiger partial charge on any atom is -0.462 e. The zero-order valence-electron chi connectivity index (χ0n) is 20.3. The van der Waals surface area contributed by atoms with Crippen molar-refractivity contribution in [2.24, 2.45) is 10.2 Å². The van der Waals surface area contributed by atoms with E-state index in [0.29, 0.717) is 17.9 Å². The first kappa shape index (κ1) is 26.0. The molecule has 9 heteroatoms. The van der Waals surface area contributed by atoms with Crippen LogP contribution in [0.25, 0.3) is 0 Å². The summed E-state index contributed by atoms with van der Waals surface area (Å²) in [5, 5.41) is 19.1. The molecule has 0 N–H and O–H groups in total. The van der Waals surface area contributed by atoms with Crippen LogP contribution in [0.1, 0.15) is 32.6 Å². The number of nitro groups is 1. The van der Waals surface area contributed by atoms with Gasteiger partial charge in [0.15, 0.2) is 0 Å². The van der Waals surface area contributed by atoms with Crippen LogP contribution < -0.4 is 4.90 Å². The molecule has 0 radical (unpaired) electrons. The van der Waals surface area contributed by atoms with E-state index >= 15 is 0 Å². The number of unbranched alkanes of at least 4 members (excludes halogenated alkanes) is 3. The summed E-state index contributed by atoms with van der Waals surface area (Å²) in [7, 11) is 0. The number of non-ortho nitro benzene ring substituents is 1. The number of hydrogen-bond donors (Lipinski definition) is 0. The van der Waals surface area contributed by atoms with Crippen LogP contribution in [0.4, 0.5) is 22.7 Å². The lowest BCUT2D eigenvalue weighted by Crippen LogP contribution is -2.46. The molecule has 0 bridgehead atoms. The maximum Gasteiger partial charge on any atom is 0.333 e. The second-order valence-electron chi connectivity index (χ2n) is 8.65. The molecule has 1 saturated heterocycles. The van der Waals surface area contributed by atoms with Crippen molar-refractivity contribution in [3.05, 3.63) is 70.8 Å². The van der Waals surface area contributed by atoms with Crippen LogP contribution in [-0.4, -0.2) is 55.1 Å². The van der Waals surface area contributed by atoms with E-state index in [0.717, 1.165) is 64.1 Å². The Morgan fingerprint density at radius 2 is 1.51 bits per heavy atom. The minimum atomic E-state index is -0.436. The molecule has 0 aromatic heterocycles. The average Bonchev–Trinajstić information content (AvgIpc) is 2.87. The Bertz CT molecular complexity index is 1010. The molecule has 0 spiro atoms. The number of nitrogens with zero attached hydrogens (tertiary/aromatic N) is 5. The zero-order valence-corrected chi connectivity index (χ0v) is 20.3. The van der Waals surface area contributed by atoms with Gasteiger partial charge in [0, 0.05) is 49.6 Å². The largest absolute Gasteiger partial charge is 0.462 e. The Kier molecular flexibility index (Phi) is 9.92. The number of hydrogen-bond acceptors (Lipinski definition) is 8. The quantitative estimate of drug-likeness (QED) is 0.0951. The monoisotopic (exact) mass is 479 g/mol. The summed E-state index contributed by atoms with van der Waals surface area (Å²) in [6.07, 6.45) is 4.26. The molecule has 1 aliphatic heterocycles. The third kappa shape index (κ3) is 8.60. The van der Waals surface area contributed by atoms with Crippen molar-refractivity contribution >= 4 is 28.7 Å². The lowest BCUT2D eigenvalue weighted by atomic mass is 10.1. The molecule has 9 nitrogen and oxygen atoms in total. The van der Waals surface area contributed by atoms with Gasteiger partial charge in [0.05, 0.1) is 22.9 Å². The van der Waals surface area contributed by atoms with E-state index in [9.17, 15) is 14.9 Å². The molecule has 0 saturated carbocycles. The van der Waals surface area contributed by atoms with Crippen LogP contribution in [0.5, 0.6) is 0 Å². The van der Waals surface area contributed by atoms with Crippen molar-refractivity contribution in [2.75, 3.05) is 44.2 Å². The molecule has 1 fully saturated rings. The summed E-state index contributed by atoms with van der Waals surface area (Å²) in [5.41, 5.74) is 2.96. The number of rotatable bonds is 12. The predicted molar refractivity (Wildman–Crippen MR) is 137 cm³/mol. The summed E-state index contributed by atoms with van der Waals surface area (Å²) in [6.45, 7) is 10.9. The van der Waals surface area contributed by atoms with Crippen LogP contribution in [0.2, 0.25) is 0 Å². The van der Waals surface area contributed by atoms with E-state index in [1.54, 1.807) is 19.1 Å². The summed E-state index contributed by atoms with van der Waals surface area (Å²) < 4.78 is 5.12. The van der Waals surface area contributed by atoms with Gasteiger partial charge in [0.1, 0.15) is 0 Å². The van der Waals surface area contributed by atoms with Gasteiger partial charge in [0.2, 0.25) is 0 Å². The van der Waals surface area contributed by atoms with Gasteiger partial charge in [-0.25, -0.2) is 4.79 Å². The number of azo groups is 1. The highest BCUT2D eigenvalue weighted by atomic mass is 16.6. The molecule has 1 heterocycles. The van der Waals surface area contributed by atoms with E-state index in [4.69, 9.17) is 4.74 Å². The highest BCUT2D eigenvalue weighted by Crippen LogP contribution is 2.24. The van der Waals surface area contributed by atoms with Gasteiger partial charge in [-0.2, -0.15) is 10.2 Å². The SMILES string of the molecule is C=C(C)C(=O)OCCCCCCN1CCN(c2ccc(N=Nc3ccc([N+](=O)[O-])cc3)cc2)CC1. The number of esters is 1. The van der Waals surface area contributed by atoms with E-state index < -0.39 is 4.92 Å². The first-order valence-corrected chi connectivity index (χ1v) is 12.0. The first-order valence-electron chi connectivity index (χ1n) is 12.0. The van der Waals surface area contributed by atoms with Gasteiger partial charge >= 0.3 is 5.97 Å². The second kappa shape index (κ2) is 13.3. The van der Waals surface area contributed by atoms with Gasteiger partial charge in [0.25, 0.3) is 5.69 Å². The number of piperazine rings is 1. The van der Waals surface area contributed by atoms with Crippen LogP contribution in [0.15, 0.2) is 70.9 Å². The summed E-state index contributed by atoms with van der Waals surface area (Å²) >= 11 is 0. The summed E-state index contributed by atoms with van der Waals surface area (Å²) in [6, 6.07) is 14.0. The predicted octanol–water partition coefficient (Wildman–Crippen LogP) is 5.81. The van der Waals surface area contributed by atoms with E-state index in [1.807, 2.05) is 12.1 Å². The van der Waals surface area contributed by atoms with Crippen LogP contribution in [0, 0.1) is 10.1 Å². The Hall–Kier alpha value is -3.59. The molecule has 0 aliphatic carbocycles. The molecule has 0 atom stereocenters. The van der Waals surface area contributed by atoms with Gasteiger partial charge in [-0.05, 0) is 62.7 Å². The van der Waals surface area contributed by atoms with Gasteiger partial charge in [-0.1, -0.05) is 19.4 Å². The Morgan fingerprint density at radius 3 is 2.09 bits per heavy atom. The summed E-state index contributed by atoms with van der Waals surface area (Å²) in [5.74, 6) is -0.302. The van der Waals surface area contributed by atoms with E-state index in [1.165, 1.54) is 17.8 Å². The van der Waals surface area contributed by atoms with Crippen LogP contribution in [-0.2, 0) is 9.53 Å². The fourth-order valence-corrected chi connectivity index (χ4v) is 3.80. The van der Waals surface area contributed by atoms with Crippen molar-refractivity contribution in [3.8, 4) is 0 Å². The standard InChI is InChI=1S/C26H33N5O4/c1-21(2)26(32)35-20-6-4-3-5-15-29-16-18-30(19-17-29)24-11-7-22(8-12-24)27-28-23-9-13-25(14-10-23)31(33)34/h7-14H,1,3-6,15-20H2,2H3. The Balaban J connectivity index is 1.33. The minimum absolute atomic E-state index is 0.0345. The highest BCUT2D eigenvalue weighted by molar-refractivity contribution is 5.86. The van der Waals surface area contributed by atoms with Gasteiger partial charge in [-0.15, -0.1) is 0 Å². The molecular weight excluding hydrogens is 446 g/mol. The lowest BCUT2D eigenvalue weighted by molar-refractivity contribution is -0.384. The maximum atomic E-state index is 11.3. The summed E-state index contributed by atoms with van der Waals surface area (Å²) in [4.78, 5) is 26.5. The fraction of sp³-hybridized carbons (Fsp3) is 0.423. The fourth-order valence-electron chi connectivity index (χ4n) is 3.80. The average molecular weight is 480 g/mol. The van der Waals surface area contributed by atoms with Crippen LogP contribution in [0.3, 0.4) is 0 Å². The molecule has 2 aromatic rings. The number of carbonyl (C=O) groups is 1. The van der Waals surface area contributed by atoms with Crippen molar-refractivity contribution in [3.63, 3.8) is 0 Å². The Labute approximate surface area is 206 Å². The molecule has 186 valence electrons. The molecule has 35 heavy (non-hydrogen) atoms. The van der Waals surface area contributed by atoms with Gasteiger partial charge in [-0.3, -0.25) is 15.0 Å². The molecule has 3 rings (SSSR count). The first-order chi connectivity index (χ1) is 16.9. The van der Waals surface area contributed by atoms with Crippen molar-refractivity contribution in [1.29, 1.82) is 0 Å². The number of ether oxygens (including phenoxy) is 1. The Morgan fingerprint density at radius 1 is 0.943 bits per heavy atom. The second-order valence-corrected chi connectivity index (χ2v) is 8.65. The zero-order chi connectivity index (χ0) is 25.0. The van der Waals surface area contributed by atoms with Crippen LogP contribution >= 0.6 is 0 Å². The van der Waals surface area contributed by atoms with E-state index in [-0.39, 0.29) is 11.7 Å². The lowest BCUT2D eigenvalue weighted by Gasteiger charge is -2.36. The molecule has 2 aromatic carbocycles. The molecular formula is C26H33N5O4. The third-order valence-electron chi connectivity index (χ3n) is 5.88. The number of anilines is 1. The normalized spacial score (nSPS) is 14.3. The number of nitro benzene ring substituents is 1. The van der Waals surface area contributed by atoms with Crippen molar-refractivity contribution < 1.29 is 14.5 Å². The topological polar surface area (TPSA) is 101 Å². The molecule has 1 aliphatic rings. The smallest absolute Gasteiger partial charge is 0.333 e.